The second kappa shape index (κ2) is 6.71. The topological polar surface area (TPSA) is 101 Å². The van der Waals surface area contributed by atoms with Crippen molar-refractivity contribution in [3.05, 3.63) is 29.3 Å². The van der Waals surface area contributed by atoms with Crippen molar-refractivity contribution in [3.8, 4) is 0 Å². The molecule has 0 unspecified atom stereocenters. The smallest absolute Gasteiger partial charge is 0.335 e. The van der Waals surface area contributed by atoms with Gasteiger partial charge in [-0.3, -0.25) is 4.79 Å². The van der Waals surface area contributed by atoms with E-state index in [1.807, 2.05) is 0 Å². The van der Waals surface area contributed by atoms with Gasteiger partial charge in [-0.25, -0.2) is 13.2 Å². The summed E-state index contributed by atoms with van der Waals surface area (Å²) in [6, 6.07) is 4.04. The van der Waals surface area contributed by atoms with E-state index in [1.54, 1.807) is 13.8 Å². The van der Waals surface area contributed by atoms with Crippen LogP contribution in [0.25, 0.3) is 0 Å². The average molecular weight is 313 g/mol. The van der Waals surface area contributed by atoms with Gasteiger partial charge in [-0.05, 0) is 38.5 Å². The number of carboxylic acids is 1. The molecule has 7 heteroatoms. The first-order chi connectivity index (χ1) is 9.65. The number of aromatic carboxylic acids is 1. The van der Waals surface area contributed by atoms with Crippen molar-refractivity contribution in [2.24, 2.45) is 0 Å². The summed E-state index contributed by atoms with van der Waals surface area (Å²) >= 11 is 0. The van der Waals surface area contributed by atoms with Crippen molar-refractivity contribution in [1.29, 1.82) is 0 Å². The first-order valence-corrected chi connectivity index (χ1v) is 8.15. The van der Waals surface area contributed by atoms with Crippen molar-refractivity contribution >= 4 is 21.7 Å². The van der Waals surface area contributed by atoms with Crippen molar-refractivity contribution < 1.29 is 23.1 Å². The Morgan fingerprint density at radius 3 is 2.43 bits per heavy atom. The Labute approximate surface area is 124 Å². The van der Waals surface area contributed by atoms with E-state index in [4.69, 9.17) is 5.11 Å². The lowest BCUT2D eigenvalue weighted by atomic mass is 10.1. The van der Waals surface area contributed by atoms with Crippen molar-refractivity contribution in [1.82, 2.24) is 5.32 Å². The molecule has 0 heterocycles. The van der Waals surface area contributed by atoms with Gasteiger partial charge in [0.1, 0.15) is 0 Å². The molecule has 0 radical (unpaired) electrons. The van der Waals surface area contributed by atoms with Crippen LogP contribution in [0.5, 0.6) is 0 Å². The molecule has 0 fully saturated rings. The van der Waals surface area contributed by atoms with E-state index < -0.39 is 15.8 Å². The van der Waals surface area contributed by atoms with Gasteiger partial charge in [-0.2, -0.15) is 0 Å². The van der Waals surface area contributed by atoms with Crippen LogP contribution in [0.3, 0.4) is 0 Å². The largest absolute Gasteiger partial charge is 0.478 e. The highest BCUT2D eigenvalue weighted by Crippen LogP contribution is 2.20. The Bertz CT molecular complexity index is 649. The van der Waals surface area contributed by atoms with Crippen molar-refractivity contribution in [3.63, 3.8) is 0 Å². The minimum atomic E-state index is -3.70. The molecule has 1 aromatic rings. The van der Waals surface area contributed by atoms with E-state index in [0.717, 1.165) is 0 Å². The lowest BCUT2D eigenvalue weighted by Gasteiger charge is -2.11. The molecule has 6 nitrogen and oxygen atoms in total. The molecule has 0 saturated carbocycles. The number of carbonyl (C=O) groups excluding carboxylic acids is 1. The van der Waals surface area contributed by atoms with E-state index in [2.05, 4.69) is 5.32 Å². The standard InChI is InChI=1S/C14H19NO5S/c1-9(2)15-13(16)7-8-21(19,20)12-6-4-5-11(10(12)3)14(17)18/h4-6,9H,7-8H2,1-3H3,(H,15,16)(H,17,18). The Kier molecular flexibility index (Phi) is 5.48. The number of hydrogen-bond acceptors (Lipinski definition) is 4. The zero-order valence-corrected chi connectivity index (χ0v) is 13.0. The fourth-order valence-corrected chi connectivity index (χ4v) is 3.45. The van der Waals surface area contributed by atoms with E-state index >= 15 is 0 Å². The van der Waals surface area contributed by atoms with Crippen molar-refractivity contribution in [2.45, 2.75) is 38.1 Å². The first-order valence-electron chi connectivity index (χ1n) is 6.50. The molecule has 0 aliphatic heterocycles. The number of carbonyl (C=O) groups is 2. The third-order valence-electron chi connectivity index (χ3n) is 2.90. The highest BCUT2D eigenvalue weighted by molar-refractivity contribution is 7.91. The summed E-state index contributed by atoms with van der Waals surface area (Å²) in [6.45, 7) is 5.02. The van der Waals surface area contributed by atoms with Crippen LogP contribution in [0.4, 0.5) is 0 Å². The molecule has 21 heavy (non-hydrogen) atoms. The van der Waals surface area contributed by atoms with Gasteiger partial charge in [0.2, 0.25) is 5.91 Å². The Morgan fingerprint density at radius 1 is 1.29 bits per heavy atom. The fraction of sp³-hybridized carbons (Fsp3) is 0.429. The van der Waals surface area contributed by atoms with Gasteiger partial charge in [-0.15, -0.1) is 0 Å². The first kappa shape index (κ1) is 17.2. The number of rotatable bonds is 6. The lowest BCUT2D eigenvalue weighted by molar-refractivity contribution is -0.121. The molecular weight excluding hydrogens is 294 g/mol. The summed E-state index contributed by atoms with van der Waals surface area (Å²) in [4.78, 5) is 22.5. The monoisotopic (exact) mass is 313 g/mol. The van der Waals surface area contributed by atoms with Crippen LogP contribution in [0.15, 0.2) is 23.1 Å². The van der Waals surface area contributed by atoms with Crippen molar-refractivity contribution in [2.75, 3.05) is 5.75 Å². The maximum Gasteiger partial charge on any atom is 0.335 e. The number of sulfone groups is 1. The van der Waals surface area contributed by atoms with E-state index in [1.165, 1.54) is 25.1 Å². The van der Waals surface area contributed by atoms with Gasteiger partial charge in [-0.1, -0.05) is 6.07 Å². The molecule has 0 spiro atoms. The van der Waals surface area contributed by atoms with Gasteiger partial charge in [0.25, 0.3) is 0 Å². The van der Waals surface area contributed by atoms with E-state index in [9.17, 15) is 18.0 Å². The molecular formula is C14H19NO5S. The second-order valence-corrected chi connectivity index (χ2v) is 7.10. The Morgan fingerprint density at radius 2 is 1.90 bits per heavy atom. The van der Waals surface area contributed by atoms with Crippen LogP contribution < -0.4 is 5.32 Å². The number of hydrogen-bond donors (Lipinski definition) is 2. The molecule has 1 rings (SSSR count). The summed E-state index contributed by atoms with van der Waals surface area (Å²) in [7, 11) is -3.70. The molecule has 2 N–H and O–H groups in total. The maximum absolute atomic E-state index is 12.2. The summed E-state index contributed by atoms with van der Waals surface area (Å²) in [5.41, 5.74) is 0.136. The normalized spacial score (nSPS) is 11.4. The van der Waals surface area contributed by atoms with Gasteiger partial charge >= 0.3 is 5.97 Å². The number of benzene rings is 1. The third kappa shape index (κ3) is 4.56. The summed E-state index contributed by atoms with van der Waals surface area (Å²) in [5.74, 6) is -1.88. The fourth-order valence-electron chi connectivity index (χ4n) is 1.91. The molecule has 0 aliphatic carbocycles. The maximum atomic E-state index is 12.2. The molecule has 1 amide bonds. The van der Waals surface area contributed by atoms with Crippen LogP contribution in [-0.4, -0.2) is 37.2 Å². The van der Waals surface area contributed by atoms with E-state index in [0.29, 0.717) is 0 Å². The van der Waals surface area contributed by atoms with Gasteiger partial charge < -0.3 is 10.4 Å². The molecule has 0 atom stereocenters. The zero-order chi connectivity index (χ0) is 16.2. The van der Waals surface area contributed by atoms with Crippen LogP contribution >= 0.6 is 0 Å². The second-order valence-electron chi connectivity index (χ2n) is 5.02. The quantitative estimate of drug-likeness (QED) is 0.826. The van der Waals surface area contributed by atoms with Gasteiger partial charge in [0.05, 0.1) is 16.2 Å². The van der Waals surface area contributed by atoms with Crippen LogP contribution in [0.1, 0.15) is 36.2 Å². The number of nitrogens with one attached hydrogen (secondary N) is 1. The Balaban J connectivity index is 2.96. The third-order valence-corrected chi connectivity index (χ3v) is 4.75. The average Bonchev–Trinajstić information content (AvgIpc) is 2.35. The summed E-state index contributed by atoms with van der Waals surface area (Å²) in [6.07, 6.45) is -0.156. The molecule has 0 aliphatic rings. The summed E-state index contributed by atoms with van der Waals surface area (Å²) < 4.78 is 24.5. The SMILES string of the molecule is Cc1c(C(=O)O)cccc1S(=O)(=O)CCC(=O)NC(C)C. The molecule has 0 saturated heterocycles. The van der Waals surface area contributed by atoms with Crippen LogP contribution in [0, 0.1) is 6.92 Å². The minimum Gasteiger partial charge on any atom is -0.478 e. The van der Waals surface area contributed by atoms with Crippen LogP contribution in [0.2, 0.25) is 0 Å². The predicted molar refractivity (Wildman–Crippen MR) is 78.1 cm³/mol. The van der Waals surface area contributed by atoms with Gasteiger partial charge in [0.15, 0.2) is 9.84 Å². The molecule has 116 valence electrons. The Hall–Kier alpha value is -1.89. The van der Waals surface area contributed by atoms with Gasteiger partial charge in [0, 0.05) is 12.5 Å². The molecule has 0 bridgehead atoms. The highest BCUT2D eigenvalue weighted by atomic mass is 32.2. The van der Waals surface area contributed by atoms with Crippen LogP contribution in [-0.2, 0) is 14.6 Å². The molecule has 1 aromatic carbocycles. The highest BCUT2D eigenvalue weighted by Gasteiger charge is 2.21. The number of amides is 1. The number of carboxylic acid groups (broad SMARTS) is 1. The zero-order valence-electron chi connectivity index (χ0n) is 12.2. The predicted octanol–water partition coefficient (Wildman–Crippen LogP) is 1.38. The lowest BCUT2D eigenvalue weighted by Crippen LogP contribution is -2.31. The van der Waals surface area contributed by atoms with E-state index in [-0.39, 0.29) is 40.1 Å². The minimum absolute atomic E-state index is 0.0419. The summed E-state index contributed by atoms with van der Waals surface area (Å²) in [5, 5.41) is 11.6. The molecule has 0 aromatic heterocycles.